The highest BCUT2D eigenvalue weighted by molar-refractivity contribution is 6.39. The van der Waals surface area contributed by atoms with Crippen molar-refractivity contribution in [3.05, 3.63) is 75.4 Å². The van der Waals surface area contributed by atoms with Crippen molar-refractivity contribution < 1.29 is 19.1 Å². The van der Waals surface area contributed by atoms with E-state index in [2.05, 4.69) is 25.8 Å². The maximum Gasteiger partial charge on any atom is 0.291 e. The molecule has 0 radical (unpaired) electrons. The Bertz CT molecular complexity index is 1930. The second-order valence-corrected chi connectivity index (χ2v) is 14.1. The number of anilines is 1. The Morgan fingerprint density at radius 1 is 1.06 bits per heavy atom. The van der Waals surface area contributed by atoms with E-state index in [1.54, 1.807) is 31.5 Å². The standard InChI is InChI=1S/C37H42Cl2N8O4/c1-46-30-11-15-47(20-22-12-16-51-17-13-22)21-29(30)43-35(46)36(49)44-28-5-3-4-26(32(28)38)34-33(39)25(10-14-41-34)27-8-6-23(37(45-27)50-2)18-40-19-24-7-9-31(48)42-24/h3-6,8,10,14,22,24,40H,7,9,11-13,15-21H2,1-2H3,(H,42,48)(H,44,49). The monoisotopic (exact) mass is 732 g/mol. The smallest absolute Gasteiger partial charge is 0.291 e. The van der Waals surface area contributed by atoms with Crippen LogP contribution in [0, 0.1) is 5.92 Å². The van der Waals surface area contributed by atoms with Crippen LogP contribution >= 0.6 is 23.2 Å². The first-order valence-corrected chi connectivity index (χ1v) is 18.2. The highest BCUT2D eigenvalue weighted by Crippen LogP contribution is 2.40. The average Bonchev–Trinajstić information content (AvgIpc) is 3.71. The van der Waals surface area contributed by atoms with Crippen molar-refractivity contribution in [2.75, 3.05) is 45.3 Å². The van der Waals surface area contributed by atoms with Crippen LogP contribution in [0.3, 0.4) is 0 Å². The maximum absolute atomic E-state index is 13.6. The van der Waals surface area contributed by atoms with Crippen LogP contribution in [-0.4, -0.2) is 82.2 Å². The minimum absolute atomic E-state index is 0.0904. The molecule has 12 nitrogen and oxygen atoms in total. The topological polar surface area (TPSA) is 136 Å². The number of halogens is 2. The average molecular weight is 734 g/mol. The summed E-state index contributed by atoms with van der Waals surface area (Å²) >= 11 is 13.9. The van der Waals surface area contributed by atoms with Gasteiger partial charge < -0.3 is 30.0 Å². The summed E-state index contributed by atoms with van der Waals surface area (Å²) in [6.45, 7) is 5.55. The Labute approximate surface area is 307 Å². The van der Waals surface area contributed by atoms with E-state index < -0.39 is 0 Å². The van der Waals surface area contributed by atoms with Crippen molar-refractivity contribution in [1.82, 2.24) is 35.1 Å². The van der Waals surface area contributed by atoms with Gasteiger partial charge in [-0.1, -0.05) is 41.4 Å². The normalized spacial score (nSPS) is 18.0. The van der Waals surface area contributed by atoms with E-state index >= 15 is 0 Å². The van der Waals surface area contributed by atoms with Gasteiger partial charge in [0.1, 0.15) is 0 Å². The van der Waals surface area contributed by atoms with Gasteiger partial charge in [-0.15, -0.1) is 0 Å². The Morgan fingerprint density at radius 2 is 1.90 bits per heavy atom. The third-order valence-electron chi connectivity index (χ3n) is 9.99. The van der Waals surface area contributed by atoms with E-state index in [0.717, 1.165) is 75.5 Å². The molecule has 0 aliphatic carbocycles. The zero-order valence-electron chi connectivity index (χ0n) is 28.8. The molecule has 1 unspecified atom stereocenters. The molecule has 0 spiro atoms. The molecule has 4 aromatic rings. The van der Waals surface area contributed by atoms with Crippen LogP contribution in [0.1, 0.15) is 53.3 Å². The van der Waals surface area contributed by atoms with Gasteiger partial charge in [0, 0.05) is 100 Å². The zero-order valence-corrected chi connectivity index (χ0v) is 30.3. The summed E-state index contributed by atoms with van der Waals surface area (Å²) in [4.78, 5) is 41.7. The molecular formula is C37H42Cl2N8O4. The molecule has 1 atom stereocenters. The lowest BCUT2D eigenvalue weighted by Crippen LogP contribution is -2.36. The molecule has 3 aromatic heterocycles. The van der Waals surface area contributed by atoms with Gasteiger partial charge in [0.25, 0.3) is 5.91 Å². The van der Waals surface area contributed by atoms with Crippen LogP contribution in [0.15, 0.2) is 42.6 Å². The van der Waals surface area contributed by atoms with Gasteiger partial charge in [0.05, 0.1) is 39.9 Å². The quantitative estimate of drug-likeness (QED) is 0.189. The van der Waals surface area contributed by atoms with Crippen LogP contribution in [0.5, 0.6) is 5.88 Å². The molecule has 51 heavy (non-hydrogen) atoms. The molecule has 3 aliphatic rings. The summed E-state index contributed by atoms with van der Waals surface area (Å²) in [5.41, 5.74) is 5.63. The number of carbonyl (C=O) groups excluding carboxylic acids is 2. The molecule has 14 heteroatoms. The number of imidazole rings is 1. The summed E-state index contributed by atoms with van der Waals surface area (Å²) in [5, 5.41) is 10.00. The van der Waals surface area contributed by atoms with Gasteiger partial charge in [-0.3, -0.25) is 19.5 Å². The summed E-state index contributed by atoms with van der Waals surface area (Å²) in [6, 6.07) is 11.1. The zero-order chi connectivity index (χ0) is 35.5. The summed E-state index contributed by atoms with van der Waals surface area (Å²) < 4.78 is 13.1. The summed E-state index contributed by atoms with van der Waals surface area (Å²) in [5.74, 6) is 1.20. The van der Waals surface area contributed by atoms with Crippen LogP contribution in [-0.2, 0) is 36.1 Å². The molecule has 1 aromatic carbocycles. The summed E-state index contributed by atoms with van der Waals surface area (Å²) in [7, 11) is 3.47. The molecule has 2 amide bonds. The van der Waals surface area contributed by atoms with Crippen molar-refractivity contribution >= 4 is 40.7 Å². The molecule has 3 aliphatic heterocycles. The maximum atomic E-state index is 13.6. The van der Waals surface area contributed by atoms with E-state index in [1.807, 2.05) is 29.8 Å². The first kappa shape index (κ1) is 35.3. The van der Waals surface area contributed by atoms with E-state index in [0.29, 0.717) is 75.4 Å². The van der Waals surface area contributed by atoms with Crippen LogP contribution in [0.4, 0.5) is 5.69 Å². The Morgan fingerprint density at radius 3 is 2.69 bits per heavy atom. The Hall–Kier alpha value is -4.07. The molecule has 6 heterocycles. The number of nitrogens with one attached hydrogen (secondary N) is 3. The van der Waals surface area contributed by atoms with Crippen molar-refractivity contribution in [2.24, 2.45) is 13.0 Å². The minimum atomic E-state index is -0.339. The Balaban J connectivity index is 1.06. The van der Waals surface area contributed by atoms with Gasteiger partial charge in [-0.25, -0.2) is 9.97 Å². The van der Waals surface area contributed by atoms with E-state index in [1.165, 1.54) is 0 Å². The number of nitrogens with zero attached hydrogens (tertiary/aromatic N) is 5. The second kappa shape index (κ2) is 15.7. The molecule has 0 bridgehead atoms. The number of methoxy groups -OCH3 is 1. The van der Waals surface area contributed by atoms with Crippen molar-refractivity contribution in [3.63, 3.8) is 0 Å². The molecule has 3 N–H and O–H groups in total. The minimum Gasteiger partial charge on any atom is -0.481 e. The lowest BCUT2D eigenvalue weighted by atomic mass is 9.98. The van der Waals surface area contributed by atoms with Gasteiger partial charge >= 0.3 is 0 Å². The highest BCUT2D eigenvalue weighted by atomic mass is 35.5. The van der Waals surface area contributed by atoms with E-state index in [4.69, 9.17) is 42.6 Å². The van der Waals surface area contributed by atoms with Crippen molar-refractivity contribution in [2.45, 2.75) is 51.2 Å². The number of hydrogen-bond acceptors (Lipinski definition) is 9. The van der Waals surface area contributed by atoms with Crippen molar-refractivity contribution in [1.29, 1.82) is 0 Å². The molecule has 0 saturated carbocycles. The van der Waals surface area contributed by atoms with Gasteiger partial charge in [-0.2, -0.15) is 0 Å². The lowest BCUT2D eigenvalue weighted by molar-refractivity contribution is -0.119. The molecule has 2 fully saturated rings. The SMILES string of the molecule is COc1nc(-c2ccnc(-c3cccc(NC(=O)c4nc5c(n4C)CCN(CC4CCOCC4)C5)c3Cl)c2Cl)ccc1CNCC1CCC(=O)N1. The third-order valence-corrected chi connectivity index (χ3v) is 10.8. The number of pyridine rings is 2. The van der Waals surface area contributed by atoms with Crippen LogP contribution < -0.4 is 20.7 Å². The predicted octanol–water partition coefficient (Wildman–Crippen LogP) is 5.26. The van der Waals surface area contributed by atoms with E-state index in [9.17, 15) is 9.59 Å². The lowest BCUT2D eigenvalue weighted by Gasteiger charge is -2.31. The predicted molar refractivity (Wildman–Crippen MR) is 196 cm³/mol. The first-order chi connectivity index (χ1) is 24.8. The number of carbonyl (C=O) groups is 2. The number of aromatic nitrogens is 4. The molecule has 7 rings (SSSR count). The van der Waals surface area contributed by atoms with Gasteiger partial charge in [-0.05, 0) is 43.4 Å². The fourth-order valence-electron chi connectivity index (χ4n) is 7.20. The fraction of sp³-hybridized carbons (Fsp3) is 0.432. The third kappa shape index (κ3) is 7.75. The number of rotatable bonds is 11. The summed E-state index contributed by atoms with van der Waals surface area (Å²) in [6.07, 6.45) is 6.06. The fourth-order valence-corrected chi connectivity index (χ4v) is 7.77. The highest BCUT2D eigenvalue weighted by Gasteiger charge is 2.28. The first-order valence-electron chi connectivity index (χ1n) is 17.4. The van der Waals surface area contributed by atoms with Crippen LogP contribution in [0.2, 0.25) is 10.0 Å². The van der Waals surface area contributed by atoms with Crippen molar-refractivity contribution in [3.8, 4) is 28.4 Å². The number of hydrogen-bond donors (Lipinski definition) is 3. The molecule has 268 valence electrons. The van der Waals surface area contributed by atoms with Gasteiger partial charge in [0.2, 0.25) is 11.8 Å². The van der Waals surface area contributed by atoms with Crippen LogP contribution in [0.25, 0.3) is 22.5 Å². The second-order valence-electron chi connectivity index (χ2n) is 13.4. The number of ether oxygens (including phenoxy) is 2. The Kier molecular flexibility index (Phi) is 10.9. The number of fused-ring (bicyclic) bond motifs is 1. The van der Waals surface area contributed by atoms with E-state index in [-0.39, 0.29) is 17.9 Å². The number of benzene rings is 1. The molecule has 2 saturated heterocycles. The molecular weight excluding hydrogens is 691 g/mol. The largest absolute Gasteiger partial charge is 0.481 e. The number of amides is 2. The van der Waals surface area contributed by atoms with Gasteiger partial charge in [0.15, 0.2) is 5.82 Å².